The summed E-state index contributed by atoms with van der Waals surface area (Å²) in [5, 5.41) is 7.82. The Labute approximate surface area is 184 Å². The number of hydrogen-bond donors (Lipinski definition) is 2. The zero-order chi connectivity index (χ0) is 21.4. The average Bonchev–Trinajstić information content (AvgIpc) is 3.21. The predicted molar refractivity (Wildman–Crippen MR) is 121 cm³/mol. The van der Waals surface area contributed by atoms with E-state index in [1.54, 1.807) is 49.8 Å². The van der Waals surface area contributed by atoms with Gasteiger partial charge in [0, 0.05) is 40.7 Å². The van der Waals surface area contributed by atoms with Crippen LogP contribution >= 0.6 is 23.2 Å². The Morgan fingerprint density at radius 3 is 2.63 bits per heavy atom. The van der Waals surface area contributed by atoms with E-state index in [9.17, 15) is 8.42 Å². The molecular formula is C21H18Cl2N4O2S. The summed E-state index contributed by atoms with van der Waals surface area (Å²) in [6.45, 7) is 1.61. The second-order valence-electron chi connectivity index (χ2n) is 7.16. The van der Waals surface area contributed by atoms with Gasteiger partial charge >= 0.3 is 0 Å². The number of sulfonamides is 1. The maximum absolute atomic E-state index is 13.1. The highest BCUT2D eigenvalue weighted by atomic mass is 35.5. The average molecular weight is 461 g/mol. The van der Waals surface area contributed by atoms with E-state index in [0.29, 0.717) is 15.8 Å². The fraction of sp³-hybridized carbons (Fsp3) is 0.143. The van der Waals surface area contributed by atoms with Gasteiger partial charge in [-0.1, -0.05) is 41.4 Å². The summed E-state index contributed by atoms with van der Waals surface area (Å²) in [5.74, 6) is 0. The minimum atomic E-state index is -3.79. The Bertz CT molecular complexity index is 1250. The topological polar surface area (TPSA) is 87.7 Å². The molecule has 1 aliphatic rings. The van der Waals surface area contributed by atoms with Gasteiger partial charge < -0.3 is 0 Å². The molecule has 1 aromatic carbocycles. The van der Waals surface area contributed by atoms with Crippen LogP contribution < -0.4 is 4.72 Å². The van der Waals surface area contributed by atoms with E-state index in [1.807, 2.05) is 18.2 Å². The largest absolute Gasteiger partial charge is 0.283 e. The Morgan fingerprint density at radius 1 is 1.13 bits per heavy atom. The summed E-state index contributed by atoms with van der Waals surface area (Å²) in [7, 11) is -3.79. The van der Waals surface area contributed by atoms with E-state index in [2.05, 4.69) is 19.9 Å². The summed E-state index contributed by atoms with van der Waals surface area (Å²) >= 11 is 12.1. The molecule has 1 aliphatic carbocycles. The van der Waals surface area contributed by atoms with Crippen LogP contribution in [-0.2, 0) is 10.0 Å². The lowest BCUT2D eigenvalue weighted by atomic mass is 10.0. The van der Waals surface area contributed by atoms with Crippen LogP contribution in [0.5, 0.6) is 0 Å². The minimum absolute atomic E-state index is 0.103. The third kappa shape index (κ3) is 3.88. The standard InChI is InChI=1S/C21H18Cl2N4O2S/c1-21(8-5-18(22)19(23)12-21)30(28,29)27-16-4-2-3-15(11-16)20-17(13-25-26-20)14-6-9-24-10-7-14/h2-11,13,27H,12H2,1H3,(H,25,26). The molecule has 30 heavy (non-hydrogen) atoms. The molecule has 1 unspecified atom stereocenters. The quantitative estimate of drug-likeness (QED) is 0.541. The summed E-state index contributed by atoms with van der Waals surface area (Å²) in [6.07, 6.45) is 8.33. The van der Waals surface area contributed by atoms with Gasteiger partial charge in [0.15, 0.2) is 0 Å². The van der Waals surface area contributed by atoms with E-state index < -0.39 is 14.8 Å². The molecule has 3 aromatic rings. The maximum atomic E-state index is 13.1. The highest BCUT2D eigenvalue weighted by molar-refractivity contribution is 7.94. The second-order valence-corrected chi connectivity index (χ2v) is 10.2. The number of anilines is 1. The first-order chi connectivity index (χ1) is 14.3. The van der Waals surface area contributed by atoms with E-state index >= 15 is 0 Å². The summed E-state index contributed by atoms with van der Waals surface area (Å²) in [5.41, 5.74) is 3.87. The number of aromatic amines is 1. The zero-order valence-corrected chi connectivity index (χ0v) is 18.3. The van der Waals surface area contributed by atoms with Crippen LogP contribution in [0.25, 0.3) is 22.4 Å². The van der Waals surface area contributed by atoms with Crippen molar-refractivity contribution >= 4 is 38.9 Å². The summed E-state index contributed by atoms with van der Waals surface area (Å²) < 4.78 is 27.7. The molecule has 154 valence electrons. The van der Waals surface area contributed by atoms with Gasteiger partial charge in [-0.3, -0.25) is 14.8 Å². The molecule has 4 rings (SSSR count). The Hall–Kier alpha value is -2.61. The van der Waals surface area contributed by atoms with Gasteiger partial charge in [0.25, 0.3) is 0 Å². The Morgan fingerprint density at radius 2 is 1.90 bits per heavy atom. The van der Waals surface area contributed by atoms with Gasteiger partial charge in [0.2, 0.25) is 10.0 Å². The Kier molecular flexibility index (Phi) is 5.44. The highest BCUT2D eigenvalue weighted by Gasteiger charge is 2.39. The molecule has 0 bridgehead atoms. The minimum Gasteiger partial charge on any atom is -0.283 e. The fourth-order valence-corrected chi connectivity index (χ4v) is 5.04. The SMILES string of the molecule is CC1(S(=O)(=O)Nc2cccc(-c3[nH]ncc3-c3ccncc3)c2)C=CC(Cl)=C(Cl)C1. The van der Waals surface area contributed by atoms with Gasteiger partial charge in [-0.05, 0) is 42.8 Å². The van der Waals surface area contributed by atoms with Gasteiger partial charge in [0.05, 0.1) is 16.9 Å². The molecule has 0 aliphatic heterocycles. The lowest BCUT2D eigenvalue weighted by Crippen LogP contribution is -2.39. The molecule has 0 radical (unpaired) electrons. The number of pyridine rings is 1. The van der Waals surface area contributed by atoms with Gasteiger partial charge in [-0.15, -0.1) is 0 Å². The van der Waals surface area contributed by atoms with E-state index in [4.69, 9.17) is 23.2 Å². The molecule has 2 heterocycles. The van der Waals surface area contributed by atoms with Crippen molar-refractivity contribution in [2.24, 2.45) is 0 Å². The van der Waals surface area contributed by atoms with Gasteiger partial charge in [-0.25, -0.2) is 8.42 Å². The molecule has 0 amide bonds. The van der Waals surface area contributed by atoms with Crippen molar-refractivity contribution < 1.29 is 8.42 Å². The first kappa shape index (κ1) is 20.7. The number of rotatable bonds is 5. The predicted octanol–water partition coefficient (Wildman–Crippen LogP) is 5.29. The first-order valence-electron chi connectivity index (χ1n) is 9.09. The van der Waals surface area contributed by atoms with Crippen LogP contribution in [-0.4, -0.2) is 28.3 Å². The third-order valence-electron chi connectivity index (χ3n) is 5.00. The van der Waals surface area contributed by atoms with Crippen LogP contribution in [0.3, 0.4) is 0 Å². The van der Waals surface area contributed by atoms with E-state index in [1.165, 1.54) is 6.08 Å². The normalized spacial score (nSPS) is 19.2. The first-order valence-corrected chi connectivity index (χ1v) is 11.3. The monoisotopic (exact) mass is 460 g/mol. The zero-order valence-electron chi connectivity index (χ0n) is 15.9. The van der Waals surface area contributed by atoms with Crippen molar-refractivity contribution in [2.45, 2.75) is 18.1 Å². The van der Waals surface area contributed by atoms with Crippen molar-refractivity contribution in [3.8, 4) is 22.4 Å². The molecule has 2 N–H and O–H groups in total. The lowest BCUT2D eigenvalue weighted by molar-refractivity contribution is 0.567. The lowest BCUT2D eigenvalue weighted by Gasteiger charge is -2.29. The maximum Gasteiger partial charge on any atom is 0.242 e. The molecule has 0 fully saturated rings. The number of nitrogens with zero attached hydrogens (tertiary/aromatic N) is 2. The number of H-pyrrole nitrogens is 1. The number of benzene rings is 1. The fourth-order valence-electron chi connectivity index (χ4n) is 3.24. The van der Waals surface area contributed by atoms with Gasteiger partial charge in [-0.2, -0.15) is 5.10 Å². The number of aromatic nitrogens is 3. The number of allylic oxidation sites excluding steroid dienone is 3. The molecular weight excluding hydrogens is 443 g/mol. The third-order valence-corrected chi connectivity index (χ3v) is 7.80. The molecule has 2 aromatic heterocycles. The number of halogens is 2. The molecule has 0 saturated heterocycles. The van der Waals surface area contributed by atoms with Crippen molar-refractivity contribution in [1.29, 1.82) is 0 Å². The summed E-state index contributed by atoms with van der Waals surface area (Å²) in [4.78, 5) is 4.04. The number of nitrogens with one attached hydrogen (secondary N) is 2. The highest BCUT2D eigenvalue weighted by Crippen LogP contribution is 2.37. The van der Waals surface area contributed by atoms with Crippen molar-refractivity contribution in [3.63, 3.8) is 0 Å². The van der Waals surface area contributed by atoms with Crippen LogP contribution in [0.1, 0.15) is 13.3 Å². The molecule has 1 atom stereocenters. The van der Waals surface area contributed by atoms with Crippen LogP contribution in [0.4, 0.5) is 5.69 Å². The van der Waals surface area contributed by atoms with Crippen LogP contribution in [0.2, 0.25) is 0 Å². The molecule has 9 heteroatoms. The molecule has 6 nitrogen and oxygen atoms in total. The van der Waals surface area contributed by atoms with Crippen LogP contribution in [0, 0.1) is 0 Å². The van der Waals surface area contributed by atoms with E-state index in [-0.39, 0.29) is 6.42 Å². The second kappa shape index (κ2) is 7.91. The van der Waals surface area contributed by atoms with Crippen molar-refractivity contribution in [3.05, 3.63) is 77.2 Å². The smallest absolute Gasteiger partial charge is 0.242 e. The van der Waals surface area contributed by atoms with Crippen molar-refractivity contribution in [2.75, 3.05) is 4.72 Å². The molecule has 0 saturated carbocycles. The number of hydrogen-bond acceptors (Lipinski definition) is 4. The van der Waals surface area contributed by atoms with E-state index in [0.717, 1.165) is 22.4 Å². The molecule has 0 spiro atoms. The van der Waals surface area contributed by atoms with Crippen LogP contribution in [0.15, 0.2) is 77.2 Å². The van der Waals surface area contributed by atoms with Gasteiger partial charge in [0.1, 0.15) is 4.75 Å². The van der Waals surface area contributed by atoms with Crippen molar-refractivity contribution in [1.82, 2.24) is 15.2 Å². The summed E-state index contributed by atoms with van der Waals surface area (Å²) in [6, 6.07) is 10.9. The Balaban J connectivity index is 1.65.